The third kappa shape index (κ3) is 6.73. The van der Waals surface area contributed by atoms with Crippen molar-refractivity contribution in [3.8, 4) is 0 Å². The lowest BCUT2D eigenvalue weighted by atomic mass is 10.1. The second-order valence-electron chi connectivity index (χ2n) is 8.56. The Morgan fingerprint density at radius 1 is 0.914 bits per heavy atom. The number of nitrogens with one attached hydrogen (secondary N) is 2. The highest BCUT2D eigenvalue weighted by Gasteiger charge is 2.20. The van der Waals surface area contributed by atoms with Crippen LogP contribution in [0.1, 0.15) is 18.1 Å². The van der Waals surface area contributed by atoms with Gasteiger partial charge >= 0.3 is 0 Å². The summed E-state index contributed by atoms with van der Waals surface area (Å²) in [5.41, 5.74) is 5.23. The number of thioether (sulfide) groups is 1. The van der Waals surface area contributed by atoms with Crippen molar-refractivity contribution in [2.75, 3.05) is 52.4 Å². The molecule has 0 bridgehead atoms. The van der Waals surface area contributed by atoms with E-state index >= 15 is 0 Å². The average Bonchev–Trinajstić information content (AvgIpc) is 2.85. The van der Waals surface area contributed by atoms with Gasteiger partial charge < -0.3 is 20.4 Å². The third-order valence-corrected chi connectivity index (χ3v) is 6.61. The molecular weight excluding hydrogens is 460 g/mol. The van der Waals surface area contributed by atoms with Crippen LogP contribution < -0.4 is 20.4 Å². The summed E-state index contributed by atoms with van der Waals surface area (Å²) in [5.74, 6) is 0.816. The minimum Gasteiger partial charge on any atom is -0.368 e. The molecule has 0 atom stereocenters. The number of nitrogens with zero attached hydrogens (tertiary/aromatic N) is 4. The highest BCUT2D eigenvalue weighted by atomic mass is 32.2. The molecule has 1 fully saturated rings. The van der Waals surface area contributed by atoms with Crippen LogP contribution in [-0.2, 0) is 9.59 Å². The molecule has 2 N–H and O–H groups in total. The molecular formula is C26H30N6O2S. The van der Waals surface area contributed by atoms with Gasteiger partial charge in [-0.3, -0.25) is 9.59 Å². The molecule has 0 radical (unpaired) electrons. The summed E-state index contributed by atoms with van der Waals surface area (Å²) in [4.78, 5) is 37.2. The summed E-state index contributed by atoms with van der Waals surface area (Å²) < 4.78 is 0. The number of hydrogen-bond acceptors (Lipinski definition) is 7. The van der Waals surface area contributed by atoms with Crippen molar-refractivity contribution >= 4 is 46.5 Å². The van der Waals surface area contributed by atoms with E-state index in [-0.39, 0.29) is 17.6 Å². The van der Waals surface area contributed by atoms with Crippen LogP contribution >= 0.6 is 11.8 Å². The van der Waals surface area contributed by atoms with Crippen LogP contribution in [0.5, 0.6) is 0 Å². The van der Waals surface area contributed by atoms with E-state index < -0.39 is 0 Å². The van der Waals surface area contributed by atoms with Crippen molar-refractivity contribution < 1.29 is 9.59 Å². The molecule has 1 aromatic heterocycles. The van der Waals surface area contributed by atoms with Crippen LogP contribution in [0.2, 0.25) is 0 Å². The quantitative estimate of drug-likeness (QED) is 0.380. The topological polar surface area (TPSA) is 90.5 Å². The zero-order valence-electron chi connectivity index (χ0n) is 20.2. The van der Waals surface area contributed by atoms with Gasteiger partial charge in [-0.1, -0.05) is 23.9 Å². The molecule has 9 heteroatoms. The average molecular weight is 491 g/mol. The molecule has 8 nitrogen and oxygen atoms in total. The van der Waals surface area contributed by atoms with E-state index in [0.29, 0.717) is 16.5 Å². The molecule has 0 saturated carbocycles. The molecule has 3 aromatic rings. The van der Waals surface area contributed by atoms with E-state index in [1.54, 1.807) is 30.5 Å². The van der Waals surface area contributed by atoms with Gasteiger partial charge in [0.15, 0.2) is 5.16 Å². The number of aromatic nitrogens is 2. The Hall–Kier alpha value is -3.59. The number of aryl methyl sites for hydroxylation is 2. The Balaban J connectivity index is 1.29. The Bertz CT molecular complexity index is 1190. The number of carbonyl (C=O) groups is 2. The molecule has 0 spiro atoms. The van der Waals surface area contributed by atoms with Crippen LogP contribution in [-0.4, -0.2) is 53.7 Å². The summed E-state index contributed by atoms with van der Waals surface area (Å²) in [6.07, 6.45) is 1.75. The lowest BCUT2D eigenvalue weighted by Crippen LogP contribution is -2.47. The van der Waals surface area contributed by atoms with Crippen LogP contribution in [0.3, 0.4) is 0 Å². The third-order valence-electron chi connectivity index (χ3n) is 5.75. The van der Waals surface area contributed by atoms with Gasteiger partial charge in [-0.25, -0.2) is 9.97 Å². The molecule has 1 aliphatic heterocycles. The second kappa shape index (κ2) is 11.2. The lowest BCUT2D eigenvalue weighted by Gasteiger charge is -2.37. The first kappa shape index (κ1) is 24.5. The first-order chi connectivity index (χ1) is 16.9. The van der Waals surface area contributed by atoms with Gasteiger partial charge in [-0.05, 0) is 61.4 Å². The van der Waals surface area contributed by atoms with E-state index in [0.717, 1.165) is 32.0 Å². The minimum absolute atomic E-state index is 0.135. The minimum atomic E-state index is -0.140. The summed E-state index contributed by atoms with van der Waals surface area (Å²) in [6, 6.07) is 15.5. The molecule has 2 amide bonds. The van der Waals surface area contributed by atoms with Gasteiger partial charge in [0, 0.05) is 56.4 Å². The molecule has 1 aliphatic rings. The predicted molar refractivity (Wildman–Crippen MR) is 142 cm³/mol. The molecule has 2 heterocycles. The maximum Gasteiger partial charge on any atom is 0.234 e. The van der Waals surface area contributed by atoms with Gasteiger partial charge in [-0.15, -0.1) is 0 Å². The van der Waals surface area contributed by atoms with Crippen LogP contribution in [0, 0.1) is 13.8 Å². The maximum absolute atomic E-state index is 12.4. The summed E-state index contributed by atoms with van der Waals surface area (Å²) in [7, 11) is 0. The first-order valence-corrected chi connectivity index (χ1v) is 12.6. The highest BCUT2D eigenvalue weighted by Crippen LogP contribution is 2.25. The molecule has 4 rings (SSSR count). The predicted octanol–water partition coefficient (Wildman–Crippen LogP) is 4.11. The number of carbonyl (C=O) groups excluding carboxylic acids is 2. The maximum atomic E-state index is 12.4. The van der Waals surface area contributed by atoms with Crippen molar-refractivity contribution in [3.05, 3.63) is 65.9 Å². The van der Waals surface area contributed by atoms with Crippen LogP contribution in [0.4, 0.5) is 22.9 Å². The van der Waals surface area contributed by atoms with Gasteiger partial charge in [0.25, 0.3) is 0 Å². The highest BCUT2D eigenvalue weighted by molar-refractivity contribution is 7.99. The molecule has 182 valence electrons. The van der Waals surface area contributed by atoms with E-state index in [1.807, 2.05) is 6.07 Å². The zero-order chi connectivity index (χ0) is 24.8. The summed E-state index contributed by atoms with van der Waals surface area (Å²) >= 11 is 1.31. The van der Waals surface area contributed by atoms with Crippen molar-refractivity contribution in [2.24, 2.45) is 0 Å². The monoisotopic (exact) mass is 490 g/mol. The number of piperazine rings is 1. The number of rotatable bonds is 7. The van der Waals surface area contributed by atoms with E-state index in [4.69, 9.17) is 0 Å². The number of benzene rings is 2. The summed E-state index contributed by atoms with van der Waals surface area (Å²) in [5, 5.41) is 6.14. The lowest BCUT2D eigenvalue weighted by molar-refractivity contribution is -0.114. The van der Waals surface area contributed by atoms with Gasteiger partial charge in [0.1, 0.15) is 5.82 Å². The van der Waals surface area contributed by atoms with Crippen molar-refractivity contribution in [1.29, 1.82) is 0 Å². The normalized spacial score (nSPS) is 13.5. The Morgan fingerprint density at radius 2 is 1.57 bits per heavy atom. The Kier molecular flexibility index (Phi) is 7.87. The van der Waals surface area contributed by atoms with Crippen molar-refractivity contribution in [3.63, 3.8) is 0 Å². The van der Waals surface area contributed by atoms with Crippen LogP contribution in [0.25, 0.3) is 0 Å². The second-order valence-corrected chi connectivity index (χ2v) is 9.50. The largest absolute Gasteiger partial charge is 0.368 e. The first-order valence-electron chi connectivity index (χ1n) is 11.6. The van der Waals surface area contributed by atoms with E-state index in [1.165, 1.54) is 35.5 Å². The van der Waals surface area contributed by atoms with E-state index in [9.17, 15) is 9.59 Å². The molecule has 0 unspecified atom stereocenters. The number of anilines is 4. The van der Waals surface area contributed by atoms with E-state index in [2.05, 4.69) is 62.4 Å². The number of hydrogen-bond donors (Lipinski definition) is 2. The SMILES string of the molecule is CC(=O)Nc1ccc(NC(=O)CSc2nccc(N3CCN(c4cc(C)ccc4C)CC3)n2)cc1. The summed E-state index contributed by atoms with van der Waals surface area (Å²) in [6.45, 7) is 9.36. The molecule has 1 saturated heterocycles. The Labute approximate surface area is 210 Å². The zero-order valence-corrected chi connectivity index (χ0v) is 21.1. The van der Waals surface area contributed by atoms with Crippen molar-refractivity contribution in [2.45, 2.75) is 25.9 Å². The van der Waals surface area contributed by atoms with Crippen LogP contribution in [0.15, 0.2) is 59.9 Å². The molecule has 2 aromatic carbocycles. The number of amides is 2. The smallest absolute Gasteiger partial charge is 0.234 e. The molecule has 0 aliphatic carbocycles. The molecule has 35 heavy (non-hydrogen) atoms. The van der Waals surface area contributed by atoms with Gasteiger partial charge in [-0.2, -0.15) is 0 Å². The fraction of sp³-hybridized carbons (Fsp3) is 0.308. The fourth-order valence-corrected chi connectivity index (χ4v) is 4.61. The Morgan fingerprint density at radius 3 is 2.26 bits per heavy atom. The van der Waals surface area contributed by atoms with Gasteiger partial charge in [0.2, 0.25) is 11.8 Å². The van der Waals surface area contributed by atoms with Gasteiger partial charge in [0.05, 0.1) is 5.75 Å². The van der Waals surface area contributed by atoms with Crippen molar-refractivity contribution in [1.82, 2.24) is 9.97 Å². The fourth-order valence-electron chi connectivity index (χ4n) is 3.98. The standard InChI is InChI=1S/C26H30N6O2S/c1-18-4-5-19(2)23(16-18)31-12-14-32(15-13-31)24-10-11-27-26(30-24)35-17-25(34)29-22-8-6-21(7-9-22)28-20(3)33/h4-11,16H,12-15,17H2,1-3H3,(H,28,33)(H,29,34).